The Bertz CT molecular complexity index is 434. The molecule has 0 aliphatic heterocycles. The van der Waals surface area contributed by atoms with Crippen LogP contribution in [0.25, 0.3) is 0 Å². The highest BCUT2D eigenvalue weighted by Gasteiger charge is 2.19. The van der Waals surface area contributed by atoms with Crippen LogP contribution in [0.2, 0.25) is 0 Å². The molecule has 0 aromatic heterocycles. The standard InChI is InChI=1S/C20H35NO5/c1-2-3-4-5-6-7-8-9-10-11-12-15-18(22)21-17(20(25)26)14-13-16-19(23)24/h5-6,17H,2-4,7-16H2,1H3,(H,21,22)(H,23,24)(H,25,26)/b6-5-/t17-/m1/s1. The number of hydrogen-bond donors (Lipinski definition) is 3. The summed E-state index contributed by atoms with van der Waals surface area (Å²) >= 11 is 0. The fraction of sp³-hybridized carbons (Fsp3) is 0.750. The number of carboxylic acid groups (broad SMARTS) is 2. The Balaban J connectivity index is 3.69. The molecule has 0 fully saturated rings. The fourth-order valence-corrected chi connectivity index (χ4v) is 2.62. The molecule has 6 nitrogen and oxygen atoms in total. The van der Waals surface area contributed by atoms with Crippen molar-refractivity contribution in [1.82, 2.24) is 5.32 Å². The summed E-state index contributed by atoms with van der Waals surface area (Å²) in [5, 5.41) is 20.1. The van der Waals surface area contributed by atoms with Gasteiger partial charge in [-0.3, -0.25) is 9.59 Å². The van der Waals surface area contributed by atoms with Gasteiger partial charge >= 0.3 is 11.9 Å². The Morgan fingerprint density at radius 3 is 2.08 bits per heavy atom. The lowest BCUT2D eigenvalue weighted by atomic mass is 10.1. The highest BCUT2D eigenvalue weighted by atomic mass is 16.4. The second-order valence-corrected chi connectivity index (χ2v) is 6.66. The molecule has 0 aromatic rings. The Hall–Kier alpha value is -1.85. The molecular formula is C20H35NO5. The van der Waals surface area contributed by atoms with Crippen LogP contribution in [0, 0.1) is 0 Å². The van der Waals surface area contributed by atoms with E-state index in [1.807, 2.05) is 0 Å². The summed E-state index contributed by atoms with van der Waals surface area (Å²) in [6.45, 7) is 2.19. The topological polar surface area (TPSA) is 104 Å². The van der Waals surface area contributed by atoms with Gasteiger partial charge in [0.25, 0.3) is 0 Å². The lowest BCUT2D eigenvalue weighted by Gasteiger charge is -2.14. The lowest BCUT2D eigenvalue weighted by molar-refractivity contribution is -0.142. The van der Waals surface area contributed by atoms with Gasteiger partial charge in [-0.1, -0.05) is 51.2 Å². The highest BCUT2D eigenvalue weighted by Crippen LogP contribution is 2.09. The van der Waals surface area contributed by atoms with Gasteiger partial charge in [-0.2, -0.15) is 0 Å². The number of nitrogens with one attached hydrogen (secondary N) is 1. The van der Waals surface area contributed by atoms with Crippen LogP contribution in [-0.4, -0.2) is 34.1 Å². The molecule has 0 aliphatic rings. The zero-order valence-corrected chi connectivity index (χ0v) is 16.0. The minimum Gasteiger partial charge on any atom is -0.481 e. The average molecular weight is 370 g/mol. The molecule has 0 rings (SSSR count). The van der Waals surface area contributed by atoms with Crippen molar-refractivity contribution >= 4 is 17.8 Å². The number of unbranched alkanes of at least 4 members (excludes halogenated alkanes) is 7. The number of rotatable bonds is 17. The smallest absolute Gasteiger partial charge is 0.326 e. The monoisotopic (exact) mass is 369 g/mol. The summed E-state index contributed by atoms with van der Waals surface area (Å²) in [5.41, 5.74) is 0. The Kier molecular flexibility index (Phi) is 15.4. The number of aliphatic carboxylic acids is 2. The fourth-order valence-electron chi connectivity index (χ4n) is 2.62. The van der Waals surface area contributed by atoms with E-state index in [4.69, 9.17) is 10.2 Å². The molecule has 0 saturated heterocycles. The normalized spacial score (nSPS) is 12.2. The van der Waals surface area contributed by atoms with Crippen molar-refractivity contribution in [2.24, 2.45) is 0 Å². The zero-order chi connectivity index (χ0) is 19.6. The summed E-state index contributed by atoms with van der Waals surface area (Å²) in [5.74, 6) is -2.35. The Labute approximate surface area is 157 Å². The number of hydrogen-bond acceptors (Lipinski definition) is 3. The molecule has 0 unspecified atom stereocenters. The molecule has 1 atom stereocenters. The Morgan fingerprint density at radius 1 is 0.846 bits per heavy atom. The predicted octanol–water partition coefficient (Wildman–Crippen LogP) is 4.29. The van der Waals surface area contributed by atoms with Crippen molar-refractivity contribution in [2.45, 2.75) is 96.4 Å². The summed E-state index contributed by atoms with van der Waals surface area (Å²) in [7, 11) is 0. The number of allylic oxidation sites excluding steroid dienone is 2. The minimum atomic E-state index is -1.12. The van der Waals surface area contributed by atoms with Crippen molar-refractivity contribution in [1.29, 1.82) is 0 Å². The molecule has 26 heavy (non-hydrogen) atoms. The second kappa shape index (κ2) is 16.6. The van der Waals surface area contributed by atoms with Gasteiger partial charge in [0.1, 0.15) is 6.04 Å². The van der Waals surface area contributed by atoms with Gasteiger partial charge in [0.05, 0.1) is 0 Å². The van der Waals surface area contributed by atoms with Gasteiger partial charge in [0.2, 0.25) is 5.91 Å². The van der Waals surface area contributed by atoms with Crippen LogP contribution in [0.15, 0.2) is 12.2 Å². The summed E-state index contributed by atoms with van der Waals surface area (Å²) in [6, 6.07) is -0.999. The third-order valence-electron chi connectivity index (χ3n) is 4.18. The van der Waals surface area contributed by atoms with E-state index in [2.05, 4.69) is 24.4 Å². The SMILES string of the molecule is CCCC/C=C\CCCCCCCC(=O)N[C@H](CCCC(=O)O)C(=O)O. The number of carbonyl (C=O) groups excluding carboxylic acids is 1. The van der Waals surface area contributed by atoms with Gasteiger partial charge in [0, 0.05) is 12.8 Å². The third-order valence-corrected chi connectivity index (χ3v) is 4.18. The van der Waals surface area contributed by atoms with Crippen LogP contribution in [0.5, 0.6) is 0 Å². The first-order valence-electron chi connectivity index (χ1n) is 9.86. The van der Waals surface area contributed by atoms with Crippen LogP contribution < -0.4 is 5.32 Å². The van der Waals surface area contributed by atoms with Gasteiger partial charge in [-0.25, -0.2) is 4.79 Å². The molecule has 6 heteroatoms. The highest BCUT2D eigenvalue weighted by molar-refractivity contribution is 5.83. The predicted molar refractivity (Wildman–Crippen MR) is 102 cm³/mol. The molecule has 0 radical (unpaired) electrons. The summed E-state index contributed by atoms with van der Waals surface area (Å²) < 4.78 is 0. The van der Waals surface area contributed by atoms with Crippen molar-refractivity contribution in [3.8, 4) is 0 Å². The van der Waals surface area contributed by atoms with E-state index in [0.717, 1.165) is 32.1 Å². The number of carboxylic acids is 2. The molecule has 0 saturated carbocycles. The molecular weight excluding hydrogens is 334 g/mol. The minimum absolute atomic E-state index is 0.0898. The first-order valence-corrected chi connectivity index (χ1v) is 9.86. The van der Waals surface area contributed by atoms with E-state index in [1.54, 1.807) is 0 Å². The molecule has 0 aromatic carbocycles. The van der Waals surface area contributed by atoms with E-state index in [9.17, 15) is 14.4 Å². The number of amides is 1. The maximum absolute atomic E-state index is 11.8. The number of carbonyl (C=O) groups is 3. The molecule has 1 amide bonds. The van der Waals surface area contributed by atoms with Crippen molar-refractivity contribution in [3.05, 3.63) is 12.2 Å². The second-order valence-electron chi connectivity index (χ2n) is 6.66. The van der Waals surface area contributed by atoms with Gasteiger partial charge < -0.3 is 15.5 Å². The maximum Gasteiger partial charge on any atom is 0.326 e. The van der Waals surface area contributed by atoms with E-state index in [0.29, 0.717) is 6.42 Å². The largest absolute Gasteiger partial charge is 0.481 e. The van der Waals surface area contributed by atoms with Crippen molar-refractivity contribution < 1.29 is 24.6 Å². The van der Waals surface area contributed by atoms with E-state index in [-0.39, 0.29) is 25.2 Å². The first kappa shape index (κ1) is 24.1. The van der Waals surface area contributed by atoms with E-state index >= 15 is 0 Å². The quantitative estimate of drug-likeness (QED) is 0.262. The van der Waals surface area contributed by atoms with Crippen molar-refractivity contribution in [3.63, 3.8) is 0 Å². The first-order chi connectivity index (χ1) is 12.5. The third kappa shape index (κ3) is 15.7. The van der Waals surface area contributed by atoms with Crippen LogP contribution in [0.1, 0.15) is 90.4 Å². The molecule has 0 heterocycles. The van der Waals surface area contributed by atoms with Crippen LogP contribution in [0.4, 0.5) is 0 Å². The van der Waals surface area contributed by atoms with Gasteiger partial charge in [0.15, 0.2) is 0 Å². The zero-order valence-electron chi connectivity index (χ0n) is 16.0. The van der Waals surface area contributed by atoms with Crippen molar-refractivity contribution in [2.75, 3.05) is 0 Å². The van der Waals surface area contributed by atoms with E-state index < -0.39 is 18.0 Å². The van der Waals surface area contributed by atoms with Gasteiger partial charge in [-0.05, 0) is 38.5 Å². The van der Waals surface area contributed by atoms with Gasteiger partial charge in [-0.15, -0.1) is 0 Å². The maximum atomic E-state index is 11.8. The molecule has 0 bridgehead atoms. The van der Waals surface area contributed by atoms with Crippen LogP contribution in [-0.2, 0) is 14.4 Å². The van der Waals surface area contributed by atoms with E-state index in [1.165, 1.54) is 25.7 Å². The summed E-state index contributed by atoms with van der Waals surface area (Å²) in [6.07, 6.45) is 15.0. The lowest BCUT2D eigenvalue weighted by Crippen LogP contribution is -2.40. The molecule has 0 aliphatic carbocycles. The van der Waals surface area contributed by atoms with Crippen LogP contribution in [0.3, 0.4) is 0 Å². The molecule has 150 valence electrons. The summed E-state index contributed by atoms with van der Waals surface area (Å²) in [4.78, 5) is 33.4. The Morgan fingerprint density at radius 2 is 1.46 bits per heavy atom. The average Bonchev–Trinajstić information content (AvgIpc) is 2.58. The molecule has 3 N–H and O–H groups in total. The molecule has 0 spiro atoms. The van der Waals surface area contributed by atoms with Crippen LogP contribution >= 0.6 is 0 Å².